The molecule has 0 aromatic heterocycles. The maximum Gasteiger partial charge on any atom is 0.305 e. The first kappa shape index (κ1) is 74.3. The fourth-order valence-corrected chi connectivity index (χ4v) is 11.0. The highest BCUT2D eigenvalue weighted by molar-refractivity contribution is 5.76. The summed E-state index contributed by atoms with van der Waals surface area (Å²) in [5, 5.41) is 23.4. The SMILES string of the molecule is CCCCCC/C=C\C/C=C\CCCCCCCC(=O)OCCCCCCCCCCCCCCCCCCCCCCCCCCC(=O)NC(CO)C(O)CCCCCCCCCCCCCCCCCCCCC. The van der Waals surface area contributed by atoms with Gasteiger partial charge in [0.2, 0.25) is 5.91 Å². The average molecular weight is 1070 g/mol. The number of amides is 1. The Morgan fingerprint density at radius 1 is 0.368 bits per heavy atom. The van der Waals surface area contributed by atoms with Gasteiger partial charge < -0.3 is 20.3 Å². The number of hydrogen-bond donors (Lipinski definition) is 3. The van der Waals surface area contributed by atoms with E-state index in [1.54, 1.807) is 0 Å². The second kappa shape index (κ2) is 65.9. The number of unbranched alkanes of at least 4 members (excludes halogenated alkanes) is 50. The Morgan fingerprint density at radius 3 is 1.01 bits per heavy atom. The highest BCUT2D eigenvalue weighted by Gasteiger charge is 2.20. The molecule has 0 radical (unpaired) electrons. The minimum Gasteiger partial charge on any atom is -0.466 e. The molecule has 3 N–H and O–H groups in total. The van der Waals surface area contributed by atoms with Crippen molar-refractivity contribution >= 4 is 11.9 Å². The van der Waals surface area contributed by atoms with E-state index in [2.05, 4.69) is 43.5 Å². The molecule has 0 saturated carbocycles. The predicted molar refractivity (Wildman–Crippen MR) is 333 cm³/mol. The summed E-state index contributed by atoms with van der Waals surface area (Å²) in [5.41, 5.74) is 0. The van der Waals surface area contributed by atoms with Crippen LogP contribution < -0.4 is 5.32 Å². The van der Waals surface area contributed by atoms with Gasteiger partial charge in [0, 0.05) is 12.8 Å². The molecule has 0 heterocycles. The zero-order valence-corrected chi connectivity index (χ0v) is 51.5. The molecule has 0 aliphatic rings. The lowest BCUT2D eigenvalue weighted by Crippen LogP contribution is -2.45. The van der Waals surface area contributed by atoms with Gasteiger partial charge in [0.15, 0.2) is 0 Å². The minimum atomic E-state index is -0.664. The molecule has 1 amide bonds. The quantitative estimate of drug-likeness (QED) is 0.0320. The number of carbonyl (C=O) groups is 2. The van der Waals surface area contributed by atoms with Crippen molar-refractivity contribution in [1.29, 1.82) is 0 Å². The molecule has 0 bridgehead atoms. The summed E-state index contributed by atoms with van der Waals surface area (Å²) in [6, 6.07) is -0.541. The largest absolute Gasteiger partial charge is 0.466 e. The molecule has 6 heteroatoms. The van der Waals surface area contributed by atoms with Crippen molar-refractivity contribution in [3.63, 3.8) is 0 Å². The third-order valence-electron chi connectivity index (χ3n) is 16.3. The molecular weight excluding hydrogens is 935 g/mol. The summed E-state index contributed by atoms with van der Waals surface area (Å²) in [7, 11) is 0. The van der Waals surface area contributed by atoms with Crippen LogP contribution in [0.4, 0.5) is 0 Å². The van der Waals surface area contributed by atoms with Gasteiger partial charge in [-0.3, -0.25) is 9.59 Å². The van der Waals surface area contributed by atoms with Crippen LogP contribution in [0.2, 0.25) is 0 Å². The second-order valence-electron chi connectivity index (χ2n) is 23.9. The van der Waals surface area contributed by atoms with Gasteiger partial charge in [0.05, 0.1) is 25.4 Å². The Hall–Kier alpha value is -1.66. The van der Waals surface area contributed by atoms with E-state index in [0.717, 1.165) is 51.4 Å². The Bertz CT molecular complexity index is 1190. The Labute approximate surface area is 475 Å². The smallest absolute Gasteiger partial charge is 0.305 e. The number of aliphatic hydroxyl groups excluding tert-OH is 2. The molecular formula is C70H135NO5. The van der Waals surface area contributed by atoms with Crippen LogP contribution >= 0.6 is 0 Å². The fourth-order valence-electron chi connectivity index (χ4n) is 11.0. The van der Waals surface area contributed by atoms with Crippen molar-refractivity contribution in [3.8, 4) is 0 Å². The van der Waals surface area contributed by atoms with Crippen LogP contribution in [0.25, 0.3) is 0 Å². The topological polar surface area (TPSA) is 95.9 Å². The number of esters is 1. The number of allylic oxidation sites excluding steroid dienone is 4. The zero-order valence-electron chi connectivity index (χ0n) is 51.5. The first-order chi connectivity index (χ1) is 37.5. The summed E-state index contributed by atoms with van der Waals surface area (Å²) >= 11 is 0. The molecule has 0 aliphatic heterocycles. The summed E-state index contributed by atoms with van der Waals surface area (Å²) in [5.74, 6) is -0.0273. The Morgan fingerprint density at radius 2 is 0.658 bits per heavy atom. The van der Waals surface area contributed by atoms with E-state index in [4.69, 9.17) is 4.74 Å². The molecule has 450 valence electrons. The normalized spacial score (nSPS) is 12.6. The monoisotopic (exact) mass is 1070 g/mol. The molecule has 6 nitrogen and oxygen atoms in total. The maximum atomic E-state index is 12.5. The van der Waals surface area contributed by atoms with Gasteiger partial charge in [-0.25, -0.2) is 0 Å². The molecule has 0 aromatic rings. The molecule has 0 spiro atoms. The number of hydrogen-bond acceptors (Lipinski definition) is 5. The molecule has 0 aliphatic carbocycles. The van der Waals surface area contributed by atoms with Crippen LogP contribution in [-0.2, 0) is 14.3 Å². The van der Waals surface area contributed by atoms with Gasteiger partial charge in [0.1, 0.15) is 0 Å². The second-order valence-corrected chi connectivity index (χ2v) is 23.9. The van der Waals surface area contributed by atoms with Gasteiger partial charge in [-0.05, 0) is 57.8 Å². The van der Waals surface area contributed by atoms with Crippen molar-refractivity contribution in [2.75, 3.05) is 13.2 Å². The highest BCUT2D eigenvalue weighted by Crippen LogP contribution is 2.19. The van der Waals surface area contributed by atoms with E-state index in [1.807, 2.05) is 0 Å². The molecule has 0 fully saturated rings. The molecule has 0 aromatic carbocycles. The van der Waals surface area contributed by atoms with Crippen molar-refractivity contribution in [1.82, 2.24) is 5.32 Å². The van der Waals surface area contributed by atoms with Crippen molar-refractivity contribution < 1.29 is 24.5 Å². The van der Waals surface area contributed by atoms with Crippen molar-refractivity contribution in [3.05, 3.63) is 24.3 Å². The average Bonchev–Trinajstić information content (AvgIpc) is 3.42. The van der Waals surface area contributed by atoms with Crippen LogP contribution in [0.5, 0.6) is 0 Å². The number of nitrogens with one attached hydrogen (secondary N) is 1. The van der Waals surface area contributed by atoms with Crippen LogP contribution in [0.1, 0.15) is 386 Å². The van der Waals surface area contributed by atoms with E-state index in [0.29, 0.717) is 25.9 Å². The van der Waals surface area contributed by atoms with E-state index in [-0.39, 0.29) is 18.5 Å². The Balaban J connectivity index is 3.37. The number of ether oxygens (including phenoxy) is 1. The molecule has 0 saturated heterocycles. The molecule has 2 atom stereocenters. The summed E-state index contributed by atoms with van der Waals surface area (Å²) in [6.07, 6.45) is 82.1. The first-order valence-electron chi connectivity index (χ1n) is 34.6. The van der Waals surface area contributed by atoms with E-state index in [9.17, 15) is 19.8 Å². The van der Waals surface area contributed by atoms with E-state index < -0.39 is 12.1 Å². The number of rotatable bonds is 65. The van der Waals surface area contributed by atoms with Crippen LogP contribution in [0.3, 0.4) is 0 Å². The van der Waals surface area contributed by atoms with Gasteiger partial charge in [0.25, 0.3) is 0 Å². The lowest BCUT2D eigenvalue weighted by molar-refractivity contribution is -0.143. The number of carbonyl (C=O) groups excluding carboxylic acids is 2. The predicted octanol–water partition coefficient (Wildman–Crippen LogP) is 22.1. The van der Waals surface area contributed by atoms with Gasteiger partial charge in [-0.2, -0.15) is 0 Å². The fraction of sp³-hybridized carbons (Fsp3) is 0.914. The summed E-state index contributed by atoms with van der Waals surface area (Å²) in [4.78, 5) is 24.6. The zero-order chi connectivity index (χ0) is 55.0. The van der Waals surface area contributed by atoms with Crippen LogP contribution in [0, 0.1) is 0 Å². The van der Waals surface area contributed by atoms with Gasteiger partial charge in [-0.1, -0.05) is 340 Å². The summed E-state index contributed by atoms with van der Waals surface area (Å²) < 4.78 is 5.49. The van der Waals surface area contributed by atoms with E-state index in [1.165, 1.54) is 302 Å². The minimum absolute atomic E-state index is 0.00279. The lowest BCUT2D eigenvalue weighted by atomic mass is 10.0. The van der Waals surface area contributed by atoms with E-state index >= 15 is 0 Å². The molecule has 76 heavy (non-hydrogen) atoms. The Kier molecular flexibility index (Phi) is 64.4. The molecule has 2 unspecified atom stereocenters. The number of aliphatic hydroxyl groups is 2. The maximum absolute atomic E-state index is 12.5. The summed E-state index contributed by atoms with van der Waals surface area (Å²) in [6.45, 7) is 4.96. The first-order valence-corrected chi connectivity index (χ1v) is 34.6. The third-order valence-corrected chi connectivity index (χ3v) is 16.3. The van der Waals surface area contributed by atoms with Crippen molar-refractivity contribution in [2.45, 2.75) is 398 Å². The van der Waals surface area contributed by atoms with Crippen molar-refractivity contribution in [2.24, 2.45) is 0 Å². The third kappa shape index (κ3) is 61.6. The van der Waals surface area contributed by atoms with Crippen LogP contribution in [-0.4, -0.2) is 47.4 Å². The molecule has 0 rings (SSSR count). The van der Waals surface area contributed by atoms with Gasteiger partial charge in [-0.15, -0.1) is 0 Å². The lowest BCUT2D eigenvalue weighted by Gasteiger charge is -2.22. The standard InChI is InChI=1S/C70H135NO5/c1-3-5-7-9-11-13-15-17-19-21-28-31-34-38-42-46-50-54-58-62-68(73)67(66-72)71-69(74)63-59-55-51-47-43-39-35-32-29-26-24-22-23-25-27-30-33-37-41-45-49-53-57-61-65-76-70(75)64-60-56-52-48-44-40-36-20-18-16-14-12-10-8-6-4-2/h14,16,20,36,67-68,72-73H,3-13,15,17-19,21-35,37-66H2,1-2H3,(H,71,74)/b16-14-,36-20-. The highest BCUT2D eigenvalue weighted by atomic mass is 16.5. The van der Waals surface area contributed by atoms with Gasteiger partial charge >= 0.3 is 5.97 Å². The van der Waals surface area contributed by atoms with Crippen LogP contribution in [0.15, 0.2) is 24.3 Å².